The first-order valence-corrected chi connectivity index (χ1v) is 5.99. The van der Waals surface area contributed by atoms with Crippen LogP contribution in [0, 0.1) is 6.92 Å². The second-order valence-electron chi connectivity index (χ2n) is 4.21. The van der Waals surface area contributed by atoms with Gasteiger partial charge in [0.25, 0.3) is 5.91 Å². The Morgan fingerprint density at radius 2 is 2.22 bits per heavy atom. The summed E-state index contributed by atoms with van der Waals surface area (Å²) >= 11 is 0. The molecule has 100 valence electrons. The minimum atomic E-state index is -0.0921. The van der Waals surface area contributed by atoms with Gasteiger partial charge in [0.15, 0.2) is 0 Å². The Morgan fingerprint density at radius 1 is 1.50 bits per heavy atom. The molecule has 0 bridgehead atoms. The lowest BCUT2D eigenvalue weighted by Gasteiger charge is -2.16. The first kappa shape index (κ1) is 14.5. The van der Waals surface area contributed by atoms with Crippen molar-refractivity contribution in [1.29, 1.82) is 0 Å². The van der Waals surface area contributed by atoms with Gasteiger partial charge in [-0.25, -0.2) is 0 Å². The summed E-state index contributed by atoms with van der Waals surface area (Å²) in [5, 5.41) is 2.93. The summed E-state index contributed by atoms with van der Waals surface area (Å²) in [5.74, 6) is 5.26. The van der Waals surface area contributed by atoms with Crippen molar-refractivity contribution in [2.24, 2.45) is 5.84 Å². The molecule has 0 saturated heterocycles. The fraction of sp³-hybridized carbons (Fsp3) is 0.462. The molecule has 0 saturated carbocycles. The molecule has 0 spiro atoms. The Hall–Kier alpha value is -1.59. The molecule has 0 aliphatic rings. The second kappa shape index (κ2) is 6.98. The van der Waals surface area contributed by atoms with Gasteiger partial charge in [0.1, 0.15) is 0 Å². The molecule has 0 fully saturated rings. The molecular formula is C13H21N3O2. The van der Waals surface area contributed by atoms with Gasteiger partial charge < -0.3 is 15.5 Å². The minimum absolute atomic E-state index is 0.0371. The molecule has 0 heterocycles. The predicted octanol–water partition coefficient (Wildman–Crippen LogP) is 1.44. The van der Waals surface area contributed by atoms with E-state index in [-0.39, 0.29) is 11.9 Å². The molecule has 1 rings (SSSR count). The average Bonchev–Trinajstić information content (AvgIpc) is 2.37. The van der Waals surface area contributed by atoms with Crippen LogP contribution in [0.4, 0.5) is 5.69 Å². The van der Waals surface area contributed by atoms with E-state index in [2.05, 4.69) is 10.7 Å². The van der Waals surface area contributed by atoms with E-state index in [1.54, 1.807) is 19.2 Å². The van der Waals surface area contributed by atoms with Crippen LogP contribution in [0.1, 0.15) is 29.3 Å². The van der Waals surface area contributed by atoms with Crippen LogP contribution in [0.5, 0.6) is 0 Å². The van der Waals surface area contributed by atoms with E-state index in [9.17, 15) is 4.79 Å². The summed E-state index contributed by atoms with van der Waals surface area (Å²) < 4.78 is 5.05. The molecule has 18 heavy (non-hydrogen) atoms. The lowest BCUT2D eigenvalue weighted by molar-refractivity contribution is 0.0894. The van der Waals surface area contributed by atoms with Crippen LogP contribution in [0.15, 0.2) is 18.2 Å². The number of hydrogen-bond acceptors (Lipinski definition) is 4. The highest BCUT2D eigenvalue weighted by Crippen LogP contribution is 2.15. The van der Waals surface area contributed by atoms with E-state index >= 15 is 0 Å². The van der Waals surface area contributed by atoms with Gasteiger partial charge in [0.05, 0.1) is 18.3 Å². The summed E-state index contributed by atoms with van der Waals surface area (Å²) in [6.45, 7) is 4.43. The minimum Gasteiger partial charge on any atom is -0.383 e. The normalized spacial score (nSPS) is 12.0. The SMILES string of the molecule is CCC(COC)NC(=O)c1ccc(NN)c(C)c1. The molecule has 0 aliphatic carbocycles. The van der Waals surface area contributed by atoms with Crippen molar-refractivity contribution in [2.45, 2.75) is 26.3 Å². The van der Waals surface area contributed by atoms with E-state index in [1.165, 1.54) is 0 Å². The predicted molar refractivity (Wildman–Crippen MR) is 72.4 cm³/mol. The largest absolute Gasteiger partial charge is 0.383 e. The maximum atomic E-state index is 12.0. The van der Waals surface area contributed by atoms with Crippen molar-refractivity contribution in [1.82, 2.24) is 5.32 Å². The number of nitrogens with two attached hydrogens (primary N) is 1. The maximum absolute atomic E-state index is 12.0. The molecule has 0 radical (unpaired) electrons. The molecule has 1 aromatic carbocycles. The Bertz CT molecular complexity index is 407. The van der Waals surface area contributed by atoms with Gasteiger partial charge >= 0.3 is 0 Å². The van der Waals surface area contributed by atoms with Crippen LogP contribution in [0.25, 0.3) is 0 Å². The zero-order chi connectivity index (χ0) is 13.5. The zero-order valence-electron chi connectivity index (χ0n) is 11.1. The average molecular weight is 251 g/mol. The summed E-state index contributed by atoms with van der Waals surface area (Å²) in [4.78, 5) is 12.0. The third-order valence-corrected chi connectivity index (χ3v) is 2.84. The maximum Gasteiger partial charge on any atom is 0.251 e. The molecule has 0 aliphatic heterocycles. The van der Waals surface area contributed by atoms with E-state index in [0.717, 1.165) is 17.7 Å². The Labute approximate surface area is 108 Å². The third-order valence-electron chi connectivity index (χ3n) is 2.84. The topological polar surface area (TPSA) is 76.4 Å². The number of anilines is 1. The highest BCUT2D eigenvalue weighted by Gasteiger charge is 2.12. The van der Waals surface area contributed by atoms with Gasteiger partial charge in [-0.1, -0.05) is 6.92 Å². The van der Waals surface area contributed by atoms with Crippen molar-refractivity contribution in [3.05, 3.63) is 29.3 Å². The van der Waals surface area contributed by atoms with Crippen LogP contribution in [0.3, 0.4) is 0 Å². The van der Waals surface area contributed by atoms with E-state index in [4.69, 9.17) is 10.6 Å². The number of ether oxygens (including phenoxy) is 1. The van der Waals surface area contributed by atoms with Gasteiger partial charge in [-0.2, -0.15) is 0 Å². The Balaban J connectivity index is 2.74. The number of methoxy groups -OCH3 is 1. The van der Waals surface area contributed by atoms with Gasteiger partial charge in [-0.05, 0) is 37.1 Å². The molecule has 1 amide bonds. The summed E-state index contributed by atoms with van der Waals surface area (Å²) in [5.41, 5.74) is 4.96. The van der Waals surface area contributed by atoms with Crippen molar-refractivity contribution < 1.29 is 9.53 Å². The number of nitrogens with one attached hydrogen (secondary N) is 2. The Kier molecular flexibility index (Phi) is 5.61. The molecule has 1 atom stereocenters. The lowest BCUT2D eigenvalue weighted by Crippen LogP contribution is -2.37. The standard InChI is InChI=1S/C13H21N3O2/c1-4-11(8-18-3)15-13(17)10-5-6-12(16-14)9(2)7-10/h5-7,11,16H,4,8,14H2,1-3H3,(H,15,17). The van der Waals surface area contributed by atoms with Crippen molar-refractivity contribution in [3.63, 3.8) is 0 Å². The van der Waals surface area contributed by atoms with Crippen molar-refractivity contribution in [2.75, 3.05) is 19.1 Å². The molecule has 1 aromatic rings. The van der Waals surface area contributed by atoms with Gasteiger partial charge in [0, 0.05) is 12.7 Å². The molecule has 0 aromatic heterocycles. The van der Waals surface area contributed by atoms with Crippen molar-refractivity contribution in [3.8, 4) is 0 Å². The van der Waals surface area contributed by atoms with Crippen molar-refractivity contribution >= 4 is 11.6 Å². The lowest BCUT2D eigenvalue weighted by atomic mass is 10.1. The van der Waals surface area contributed by atoms with E-state index in [1.807, 2.05) is 19.9 Å². The summed E-state index contributed by atoms with van der Waals surface area (Å²) in [6.07, 6.45) is 0.834. The number of nitrogen functional groups attached to an aromatic ring is 1. The van der Waals surface area contributed by atoms with Crippen LogP contribution in [-0.2, 0) is 4.74 Å². The summed E-state index contributed by atoms with van der Waals surface area (Å²) in [6, 6.07) is 5.39. The Morgan fingerprint density at radius 3 is 2.72 bits per heavy atom. The third kappa shape index (κ3) is 3.72. The number of aryl methyl sites for hydroxylation is 1. The highest BCUT2D eigenvalue weighted by atomic mass is 16.5. The van der Waals surface area contributed by atoms with Crippen LogP contribution < -0.4 is 16.6 Å². The van der Waals surface area contributed by atoms with E-state index in [0.29, 0.717) is 12.2 Å². The highest BCUT2D eigenvalue weighted by molar-refractivity contribution is 5.95. The quantitative estimate of drug-likeness (QED) is 0.528. The van der Waals surface area contributed by atoms with Crippen LogP contribution >= 0.6 is 0 Å². The molecule has 4 N–H and O–H groups in total. The monoisotopic (exact) mass is 251 g/mol. The number of rotatable bonds is 6. The number of hydrogen-bond donors (Lipinski definition) is 3. The van der Waals surface area contributed by atoms with Gasteiger partial charge in [0.2, 0.25) is 0 Å². The number of carbonyl (C=O) groups excluding carboxylic acids is 1. The fourth-order valence-electron chi connectivity index (χ4n) is 1.70. The fourth-order valence-corrected chi connectivity index (χ4v) is 1.70. The first-order chi connectivity index (χ1) is 8.62. The van der Waals surface area contributed by atoms with E-state index < -0.39 is 0 Å². The first-order valence-electron chi connectivity index (χ1n) is 5.99. The number of carbonyl (C=O) groups is 1. The molecular weight excluding hydrogens is 230 g/mol. The smallest absolute Gasteiger partial charge is 0.251 e. The van der Waals surface area contributed by atoms with Gasteiger partial charge in [-0.3, -0.25) is 10.6 Å². The number of amides is 1. The zero-order valence-corrected chi connectivity index (χ0v) is 11.1. The second-order valence-corrected chi connectivity index (χ2v) is 4.21. The van der Waals surface area contributed by atoms with Crippen LogP contribution in [0.2, 0.25) is 0 Å². The van der Waals surface area contributed by atoms with Crippen LogP contribution in [-0.4, -0.2) is 25.7 Å². The molecule has 1 unspecified atom stereocenters. The molecule has 5 heteroatoms. The molecule has 5 nitrogen and oxygen atoms in total. The summed E-state index contributed by atoms with van der Waals surface area (Å²) in [7, 11) is 1.63. The van der Waals surface area contributed by atoms with Gasteiger partial charge in [-0.15, -0.1) is 0 Å². The number of benzene rings is 1. The number of hydrazine groups is 1.